The van der Waals surface area contributed by atoms with Crippen molar-refractivity contribution in [3.63, 3.8) is 0 Å². The lowest BCUT2D eigenvalue weighted by Gasteiger charge is -2.35. The Morgan fingerprint density at radius 1 is 1.50 bits per heavy atom. The van der Waals surface area contributed by atoms with E-state index < -0.39 is 6.10 Å². The average molecular weight is 279 g/mol. The first-order chi connectivity index (χ1) is 9.65. The van der Waals surface area contributed by atoms with E-state index in [1.54, 1.807) is 7.11 Å². The quantitative estimate of drug-likeness (QED) is 0.897. The maximum absolute atomic E-state index is 10.6. The Morgan fingerprint density at radius 3 is 3.00 bits per heavy atom. The highest BCUT2D eigenvalue weighted by Crippen LogP contribution is 2.30. The van der Waals surface area contributed by atoms with Crippen molar-refractivity contribution >= 4 is 0 Å². The molecule has 112 valence electrons. The fourth-order valence-electron chi connectivity index (χ4n) is 2.73. The Bertz CT molecular complexity index is 434. The van der Waals surface area contributed by atoms with Gasteiger partial charge in [-0.05, 0) is 32.0 Å². The zero-order valence-electron chi connectivity index (χ0n) is 12.6. The second kappa shape index (κ2) is 7.07. The van der Waals surface area contributed by atoms with E-state index in [-0.39, 0.29) is 6.10 Å². The van der Waals surface area contributed by atoms with Crippen LogP contribution in [-0.4, -0.2) is 49.5 Å². The largest absolute Gasteiger partial charge is 0.496 e. The molecule has 4 nitrogen and oxygen atoms in total. The second-order valence-corrected chi connectivity index (χ2v) is 5.40. The molecule has 0 spiro atoms. The van der Waals surface area contributed by atoms with Gasteiger partial charge in [-0.2, -0.15) is 0 Å². The van der Waals surface area contributed by atoms with Gasteiger partial charge in [0.2, 0.25) is 0 Å². The smallest absolute Gasteiger partial charge is 0.124 e. The molecule has 0 saturated carbocycles. The van der Waals surface area contributed by atoms with Gasteiger partial charge in [0.15, 0.2) is 0 Å². The fraction of sp³-hybridized carbons (Fsp3) is 0.625. The molecule has 0 bridgehead atoms. The van der Waals surface area contributed by atoms with Crippen LogP contribution in [0.5, 0.6) is 5.75 Å². The number of methoxy groups -OCH3 is 1. The Labute approximate surface area is 121 Å². The number of benzene rings is 1. The number of hydrogen-bond acceptors (Lipinski definition) is 4. The summed E-state index contributed by atoms with van der Waals surface area (Å²) >= 11 is 0. The molecular weight excluding hydrogens is 254 g/mol. The van der Waals surface area contributed by atoms with Crippen molar-refractivity contribution in [3.8, 4) is 5.75 Å². The molecule has 2 rings (SSSR count). The summed E-state index contributed by atoms with van der Waals surface area (Å²) in [5.41, 5.74) is 1.93. The first kappa shape index (κ1) is 15.3. The lowest BCUT2D eigenvalue weighted by Crippen LogP contribution is -2.45. The first-order valence-electron chi connectivity index (χ1n) is 7.32. The highest BCUT2D eigenvalue weighted by molar-refractivity contribution is 5.39. The summed E-state index contributed by atoms with van der Waals surface area (Å²) in [6.07, 6.45) is 0.284. The molecule has 1 aromatic rings. The molecule has 4 heteroatoms. The first-order valence-corrected chi connectivity index (χ1v) is 7.32. The van der Waals surface area contributed by atoms with Crippen LogP contribution in [-0.2, 0) is 4.74 Å². The number of hydrogen-bond donors (Lipinski definition) is 1. The van der Waals surface area contributed by atoms with Gasteiger partial charge < -0.3 is 14.6 Å². The molecule has 0 radical (unpaired) electrons. The van der Waals surface area contributed by atoms with Crippen LogP contribution in [0.25, 0.3) is 0 Å². The van der Waals surface area contributed by atoms with Gasteiger partial charge in [-0.15, -0.1) is 0 Å². The van der Waals surface area contributed by atoms with Gasteiger partial charge >= 0.3 is 0 Å². The Hall–Kier alpha value is -1.10. The van der Waals surface area contributed by atoms with E-state index in [1.807, 2.05) is 25.1 Å². The summed E-state index contributed by atoms with van der Waals surface area (Å²) in [7, 11) is 1.63. The van der Waals surface area contributed by atoms with Crippen LogP contribution in [0, 0.1) is 6.92 Å². The summed E-state index contributed by atoms with van der Waals surface area (Å²) < 4.78 is 11.1. The number of ether oxygens (including phenoxy) is 2. The minimum absolute atomic E-state index is 0.189. The number of rotatable bonds is 5. The van der Waals surface area contributed by atoms with Crippen LogP contribution >= 0.6 is 0 Å². The average Bonchev–Trinajstić information content (AvgIpc) is 2.47. The Balaban J connectivity index is 2.13. The number of aryl methyl sites for hydroxylation is 1. The number of aliphatic hydroxyl groups excluding tert-OH is 1. The van der Waals surface area contributed by atoms with Crippen LogP contribution in [0.1, 0.15) is 30.6 Å². The van der Waals surface area contributed by atoms with Crippen molar-refractivity contribution < 1.29 is 14.6 Å². The maximum Gasteiger partial charge on any atom is 0.124 e. The van der Waals surface area contributed by atoms with Crippen molar-refractivity contribution in [2.45, 2.75) is 32.5 Å². The monoisotopic (exact) mass is 279 g/mol. The van der Waals surface area contributed by atoms with Crippen LogP contribution in [0.3, 0.4) is 0 Å². The number of nitrogens with zero attached hydrogens (tertiary/aromatic N) is 1. The minimum Gasteiger partial charge on any atom is -0.496 e. The molecule has 0 amide bonds. The number of morpholine rings is 1. The van der Waals surface area contributed by atoms with Gasteiger partial charge in [-0.3, -0.25) is 4.90 Å². The van der Waals surface area contributed by atoms with Gasteiger partial charge in [-0.1, -0.05) is 18.6 Å². The minimum atomic E-state index is -0.649. The molecular formula is C16H25NO3. The highest BCUT2D eigenvalue weighted by Gasteiger charge is 2.29. The third kappa shape index (κ3) is 3.51. The maximum atomic E-state index is 10.6. The molecule has 20 heavy (non-hydrogen) atoms. The Morgan fingerprint density at radius 2 is 2.30 bits per heavy atom. The van der Waals surface area contributed by atoms with E-state index in [0.717, 1.165) is 42.9 Å². The summed E-state index contributed by atoms with van der Waals surface area (Å²) in [4.78, 5) is 2.35. The van der Waals surface area contributed by atoms with Crippen LogP contribution < -0.4 is 4.74 Å². The van der Waals surface area contributed by atoms with Gasteiger partial charge in [0.25, 0.3) is 0 Å². The van der Waals surface area contributed by atoms with Crippen LogP contribution in [0.15, 0.2) is 18.2 Å². The van der Waals surface area contributed by atoms with E-state index in [1.165, 1.54) is 0 Å². The van der Waals surface area contributed by atoms with Crippen molar-refractivity contribution in [1.29, 1.82) is 0 Å². The predicted molar refractivity (Wildman–Crippen MR) is 79.2 cm³/mol. The molecule has 1 N–H and O–H groups in total. The molecule has 0 aromatic heterocycles. The zero-order chi connectivity index (χ0) is 14.5. The normalized spacial score (nSPS) is 21.7. The number of aliphatic hydroxyl groups is 1. The van der Waals surface area contributed by atoms with E-state index in [0.29, 0.717) is 6.61 Å². The summed E-state index contributed by atoms with van der Waals surface area (Å²) in [6, 6.07) is 5.87. The van der Waals surface area contributed by atoms with E-state index in [9.17, 15) is 5.11 Å². The molecule has 1 aliphatic rings. The standard InChI is InChI=1S/C16H25NO3/c1-4-7-17-8-9-20-15(11-17)16(18)13-10-12(2)5-6-14(13)19-3/h5-6,10,15-16,18H,4,7-9,11H2,1-3H3. The van der Waals surface area contributed by atoms with Gasteiger partial charge in [0, 0.05) is 18.7 Å². The van der Waals surface area contributed by atoms with Crippen molar-refractivity contribution in [1.82, 2.24) is 4.90 Å². The SMILES string of the molecule is CCCN1CCOC(C(O)c2cc(C)ccc2OC)C1. The lowest BCUT2D eigenvalue weighted by molar-refractivity contribution is -0.0903. The summed E-state index contributed by atoms with van der Waals surface area (Å²) in [6.45, 7) is 7.63. The van der Waals surface area contributed by atoms with Crippen molar-refractivity contribution in [2.24, 2.45) is 0 Å². The van der Waals surface area contributed by atoms with Crippen LogP contribution in [0.4, 0.5) is 0 Å². The van der Waals surface area contributed by atoms with Gasteiger partial charge in [0.1, 0.15) is 18.0 Å². The molecule has 0 aliphatic carbocycles. The van der Waals surface area contributed by atoms with E-state index >= 15 is 0 Å². The summed E-state index contributed by atoms with van der Waals surface area (Å²) in [5, 5.41) is 10.6. The fourth-order valence-corrected chi connectivity index (χ4v) is 2.73. The third-order valence-electron chi connectivity index (χ3n) is 3.77. The topological polar surface area (TPSA) is 41.9 Å². The molecule has 1 aromatic carbocycles. The second-order valence-electron chi connectivity index (χ2n) is 5.40. The Kier molecular flexibility index (Phi) is 5.40. The molecule has 1 heterocycles. The zero-order valence-corrected chi connectivity index (χ0v) is 12.6. The highest BCUT2D eigenvalue weighted by atomic mass is 16.5. The molecule has 2 unspecified atom stereocenters. The molecule has 1 aliphatic heterocycles. The predicted octanol–water partition coefficient (Wildman–Crippen LogP) is 2.15. The molecule has 1 fully saturated rings. The van der Waals surface area contributed by atoms with E-state index in [4.69, 9.17) is 9.47 Å². The summed E-state index contributed by atoms with van der Waals surface area (Å²) in [5.74, 6) is 0.722. The molecule has 1 saturated heterocycles. The molecule has 2 atom stereocenters. The van der Waals surface area contributed by atoms with Crippen molar-refractivity contribution in [2.75, 3.05) is 33.4 Å². The van der Waals surface area contributed by atoms with Gasteiger partial charge in [-0.25, -0.2) is 0 Å². The third-order valence-corrected chi connectivity index (χ3v) is 3.77. The van der Waals surface area contributed by atoms with Gasteiger partial charge in [0.05, 0.1) is 13.7 Å². The lowest BCUT2D eigenvalue weighted by atomic mass is 10.00. The van der Waals surface area contributed by atoms with Crippen molar-refractivity contribution in [3.05, 3.63) is 29.3 Å². The van der Waals surface area contributed by atoms with E-state index in [2.05, 4.69) is 11.8 Å². The van der Waals surface area contributed by atoms with Crippen LogP contribution in [0.2, 0.25) is 0 Å².